The van der Waals surface area contributed by atoms with Gasteiger partial charge in [0, 0.05) is 62.4 Å². The van der Waals surface area contributed by atoms with Gasteiger partial charge < -0.3 is 15.3 Å². The lowest BCUT2D eigenvalue weighted by Crippen LogP contribution is -2.68. The van der Waals surface area contributed by atoms with Gasteiger partial charge in [-0.3, -0.25) is 14.6 Å². The number of amides is 1. The Hall–Kier alpha value is -4.09. The van der Waals surface area contributed by atoms with E-state index < -0.39 is 0 Å². The van der Waals surface area contributed by atoms with Gasteiger partial charge in [-0.15, -0.1) is 0 Å². The number of aromatic amines is 2. The first-order valence-corrected chi connectivity index (χ1v) is 14.5. The Morgan fingerprint density at radius 3 is 2.22 bits per heavy atom. The maximum atomic E-state index is 13.2. The SMILES string of the molecule is CN1[C@@H]2c3[nH]c4ccccc4c3C[C@H]1[C@H](C#N)N1[C@@H](CNC(=O)c3ccc(Cl)cc3)c3[nH]c4ccccc4c3C[C@@H]21. The monoisotopic (exact) mass is 560 g/mol. The van der Waals surface area contributed by atoms with E-state index in [0.29, 0.717) is 17.1 Å². The summed E-state index contributed by atoms with van der Waals surface area (Å²) in [6.45, 7) is 0.388. The van der Waals surface area contributed by atoms with Gasteiger partial charge in [0.2, 0.25) is 0 Å². The molecule has 0 aliphatic carbocycles. The maximum absolute atomic E-state index is 13.2. The van der Waals surface area contributed by atoms with Crippen molar-refractivity contribution in [2.45, 2.75) is 43.1 Å². The second kappa shape index (κ2) is 9.22. The minimum absolute atomic E-state index is 0.0355. The molecule has 0 radical (unpaired) electrons. The van der Waals surface area contributed by atoms with Gasteiger partial charge in [-0.25, -0.2) is 0 Å². The summed E-state index contributed by atoms with van der Waals surface area (Å²) in [5.41, 5.74) is 7.76. The Bertz CT molecular complexity index is 1870. The zero-order valence-electron chi connectivity index (χ0n) is 22.6. The fourth-order valence-corrected chi connectivity index (χ4v) is 7.93. The van der Waals surface area contributed by atoms with Crippen molar-refractivity contribution in [3.8, 4) is 6.07 Å². The van der Waals surface area contributed by atoms with Crippen LogP contribution in [0.2, 0.25) is 5.02 Å². The number of aromatic nitrogens is 2. The number of benzene rings is 3. The molecule has 0 saturated carbocycles. The summed E-state index contributed by atoms with van der Waals surface area (Å²) in [6.07, 6.45) is 1.62. The van der Waals surface area contributed by atoms with Gasteiger partial charge in [0.1, 0.15) is 6.04 Å². The van der Waals surface area contributed by atoms with Crippen molar-refractivity contribution in [2.75, 3.05) is 13.6 Å². The van der Waals surface area contributed by atoms with Crippen LogP contribution in [-0.4, -0.2) is 57.4 Å². The van der Waals surface area contributed by atoms with Crippen LogP contribution < -0.4 is 5.32 Å². The standard InChI is InChI=1S/C33H29ClN6O/c1-39-26-14-23-21-7-3-5-9-25(21)38-31(23)32(39)27-15-22-20-6-2-4-8-24(20)37-30(22)29(40(27)28(26)16-35)17-36-33(41)18-10-12-19(34)13-11-18/h2-13,26-29,32,37-38H,14-15,17H2,1H3,(H,36,41)/t26-,27-,28-,29-,32-/m0/s1. The number of nitrogens with one attached hydrogen (secondary N) is 3. The molecular formula is C33H29ClN6O. The third kappa shape index (κ3) is 3.61. The number of hydrogen-bond acceptors (Lipinski definition) is 4. The number of nitrogens with zero attached hydrogens (tertiary/aromatic N) is 3. The van der Waals surface area contributed by atoms with Crippen LogP contribution in [0, 0.1) is 11.3 Å². The van der Waals surface area contributed by atoms with Gasteiger partial charge in [0.15, 0.2) is 0 Å². The molecule has 41 heavy (non-hydrogen) atoms. The van der Waals surface area contributed by atoms with Gasteiger partial charge in [-0.05, 0) is 67.4 Å². The fraction of sp³-hybridized carbons (Fsp3) is 0.273. The average Bonchev–Trinajstić information content (AvgIpc) is 3.54. The highest BCUT2D eigenvalue weighted by Crippen LogP contribution is 2.51. The van der Waals surface area contributed by atoms with E-state index in [1.54, 1.807) is 24.3 Å². The number of fused-ring (bicyclic) bond motifs is 11. The van der Waals surface area contributed by atoms with Crippen LogP contribution in [0.3, 0.4) is 0 Å². The van der Waals surface area contributed by atoms with Gasteiger partial charge in [0.05, 0.1) is 18.2 Å². The summed E-state index contributed by atoms with van der Waals surface area (Å²) in [5, 5.41) is 17.0. The Kier molecular flexibility index (Phi) is 5.55. The fourth-order valence-electron chi connectivity index (χ4n) is 7.80. The van der Waals surface area contributed by atoms with Crippen molar-refractivity contribution < 1.29 is 4.79 Å². The largest absolute Gasteiger partial charge is 0.357 e. The van der Waals surface area contributed by atoms with Gasteiger partial charge in [-0.2, -0.15) is 5.26 Å². The number of carbonyl (C=O) groups excluding carboxylic acids is 1. The summed E-state index contributed by atoms with van der Waals surface area (Å²) in [7, 11) is 2.17. The van der Waals surface area contributed by atoms with Gasteiger partial charge in [-0.1, -0.05) is 48.0 Å². The molecule has 5 aromatic rings. The second-order valence-electron chi connectivity index (χ2n) is 11.5. The van der Waals surface area contributed by atoms with Crippen molar-refractivity contribution in [3.63, 3.8) is 0 Å². The number of rotatable bonds is 3. The number of likely N-dealkylation sites (N-methyl/N-ethyl adjacent to an activating group) is 1. The second-order valence-corrected chi connectivity index (χ2v) is 12.0. The van der Waals surface area contributed by atoms with Crippen LogP contribution in [0.25, 0.3) is 21.8 Å². The number of nitriles is 1. The van der Waals surface area contributed by atoms with Crippen molar-refractivity contribution in [1.82, 2.24) is 25.1 Å². The predicted octanol–water partition coefficient (Wildman–Crippen LogP) is 5.50. The van der Waals surface area contributed by atoms with Gasteiger partial charge >= 0.3 is 0 Å². The predicted molar refractivity (Wildman–Crippen MR) is 160 cm³/mol. The smallest absolute Gasteiger partial charge is 0.251 e. The van der Waals surface area contributed by atoms with Crippen molar-refractivity contribution >= 4 is 39.3 Å². The molecule has 3 aromatic carbocycles. The molecule has 3 aliphatic heterocycles. The summed E-state index contributed by atoms with van der Waals surface area (Å²) in [6, 6.07) is 26.2. The Morgan fingerprint density at radius 1 is 0.927 bits per heavy atom. The third-order valence-corrected chi connectivity index (χ3v) is 9.85. The van der Waals surface area contributed by atoms with E-state index in [1.807, 2.05) is 6.07 Å². The van der Waals surface area contributed by atoms with Crippen LogP contribution in [0.1, 0.15) is 45.0 Å². The molecule has 1 amide bonds. The number of H-pyrrole nitrogens is 2. The number of halogens is 1. The van der Waals surface area contributed by atoms with Crippen LogP contribution in [0.15, 0.2) is 72.8 Å². The van der Waals surface area contributed by atoms with Crippen LogP contribution in [0.5, 0.6) is 0 Å². The highest BCUT2D eigenvalue weighted by Gasteiger charge is 2.55. The first kappa shape index (κ1) is 24.7. The Balaban J connectivity index is 1.26. The first-order valence-electron chi connectivity index (χ1n) is 14.1. The number of carbonyl (C=O) groups is 1. The molecule has 2 aromatic heterocycles. The van der Waals surface area contributed by atoms with E-state index in [-0.39, 0.29) is 36.1 Å². The molecule has 2 bridgehead atoms. The topological polar surface area (TPSA) is 90.9 Å². The zero-order valence-corrected chi connectivity index (χ0v) is 23.3. The van der Waals surface area contributed by atoms with E-state index in [0.717, 1.165) is 29.6 Å². The molecule has 7 nitrogen and oxygen atoms in total. The minimum Gasteiger partial charge on any atom is -0.357 e. The molecule has 8 heteroatoms. The van der Waals surface area contributed by atoms with E-state index >= 15 is 0 Å². The number of para-hydroxylation sites is 2. The average molecular weight is 561 g/mol. The lowest BCUT2D eigenvalue weighted by molar-refractivity contribution is -0.0722. The van der Waals surface area contributed by atoms with Gasteiger partial charge in [0.25, 0.3) is 5.91 Å². The quantitative estimate of drug-likeness (QED) is 0.272. The summed E-state index contributed by atoms with van der Waals surface area (Å²) in [5.74, 6) is -0.151. The molecular weight excluding hydrogens is 532 g/mol. The third-order valence-electron chi connectivity index (χ3n) is 9.60. The lowest BCUT2D eigenvalue weighted by atomic mass is 9.75. The molecule has 1 fully saturated rings. The Labute approximate surface area is 242 Å². The number of hydrogen-bond donors (Lipinski definition) is 3. The molecule has 8 rings (SSSR count). The zero-order chi connectivity index (χ0) is 27.8. The maximum Gasteiger partial charge on any atom is 0.251 e. The minimum atomic E-state index is -0.333. The highest BCUT2D eigenvalue weighted by molar-refractivity contribution is 6.30. The van der Waals surface area contributed by atoms with Crippen LogP contribution >= 0.6 is 11.6 Å². The summed E-state index contributed by atoms with van der Waals surface area (Å²) in [4.78, 5) is 25.5. The highest BCUT2D eigenvalue weighted by atomic mass is 35.5. The number of piperazine rings is 1. The molecule has 1 saturated heterocycles. The van der Waals surface area contributed by atoms with Crippen LogP contribution in [-0.2, 0) is 12.8 Å². The van der Waals surface area contributed by atoms with Crippen LogP contribution in [0.4, 0.5) is 0 Å². The van der Waals surface area contributed by atoms with Crippen molar-refractivity contribution in [2.24, 2.45) is 0 Å². The van der Waals surface area contributed by atoms with Crippen molar-refractivity contribution in [3.05, 3.63) is 106 Å². The summed E-state index contributed by atoms with van der Waals surface area (Å²) >= 11 is 6.06. The van der Waals surface area contributed by atoms with E-state index in [9.17, 15) is 10.1 Å². The molecule has 5 atom stereocenters. The molecule has 3 N–H and O–H groups in total. The van der Waals surface area contributed by atoms with Crippen molar-refractivity contribution in [1.29, 1.82) is 5.26 Å². The molecule has 0 unspecified atom stereocenters. The van der Waals surface area contributed by atoms with E-state index in [1.165, 1.54) is 27.6 Å². The molecule has 0 spiro atoms. The van der Waals surface area contributed by atoms with E-state index in [2.05, 4.69) is 80.7 Å². The molecule has 3 aliphatic rings. The lowest BCUT2D eigenvalue weighted by Gasteiger charge is -2.58. The molecule has 5 heterocycles. The summed E-state index contributed by atoms with van der Waals surface area (Å²) < 4.78 is 0. The van der Waals surface area contributed by atoms with E-state index in [4.69, 9.17) is 11.6 Å². The molecule has 204 valence electrons. The Morgan fingerprint density at radius 2 is 1.54 bits per heavy atom. The normalized spacial score (nSPS) is 25.3. The first-order chi connectivity index (χ1) is 20.0.